The molecule has 0 saturated heterocycles. The van der Waals surface area contributed by atoms with Gasteiger partial charge in [0.1, 0.15) is 5.82 Å². The topological polar surface area (TPSA) is 55.1 Å². The van der Waals surface area contributed by atoms with Crippen LogP contribution in [0.3, 0.4) is 0 Å². The molecule has 0 aliphatic heterocycles. The molecule has 82 valence electrons. The molecule has 0 fully saturated rings. The van der Waals surface area contributed by atoms with Crippen molar-refractivity contribution in [3.8, 4) is 0 Å². The monoisotopic (exact) mass is 210 g/mol. The maximum atomic E-state index is 12.7. The molecule has 0 radical (unpaired) electrons. The van der Waals surface area contributed by atoms with Crippen LogP contribution < -0.4 is 11.1 Å². The van der Waals surface area contributed by atoms with Crippen LogP contribution in [0.2, 0.25) is 0 Å². The van der Waals surface area contributed by atoms with Crippen molar-refractivity contribution in [2.24, 2.45) is 5.73 Å². The van der Waals surface area contributed by atoms with Gasteiger partial charge in [0.05, 0.1) is 5.92 Å². The lowest BCUT2D eigenvalue weighted by atomic mass is 9.98. The van der Waals surface area contributed by atoms with E-state index < -0.39 is 5.92 Å². The summed E-state index contributed by atoms with van der Waals surface area (Å²) in [4.78, 5) is 11.6. The van der Waals surface area contributed by atoms with E-state index in [1.807, 2.05) is 6.92 Å². The molecule has 0 aromatic heterocycles. The second kappa shape index (κ2) is 5.46. The molecule has 0 saturated carbocycles. The third kappa shape index (κ3) is 3.02. The molecule has 3 nitrogen and oxygen atoms in total. The molecule has 1 rings (SSSR count). The van der Waals surface area contributed by atoms with Crippen LogP contribution in [0.1, 0.15) is 18.4 Å². The minimum absolute atomic E-state index is 0.119. The van der Waals surface area contributed by atoms with E-state index in [1.54, 1.807) is 12.1 Å². The summed E-state index contributed by atoms with van der Waals surface area (Å²) in [6.45, 7) is 2.63. The van der Waals surface area contributed by atoms with Gasteiger partial charge >= 0.3 is 0 Å². The largest absolute Gasteiger partial charge is 0.356 e. The van der Waals surface area contributed by atoms with Gasteiger partial charge in [-0.25, -0.2) is 4.39 Å². The predicted octanol–water partition coefficient (Wildman–Crippen LogP) is 1.00. The highest BCUT2D eigenvalue weighted by molar-refractivity contribution is 5.83. The van der Waals surface area contributed by atoms with E-state index in [4.69, 9.17) is 5.73 Å². The fourth-order valence-electron chi connectivity index (χ4n) is 1.39. The molecule has 1 amide bonds. The van der Waals surface area contributed by atoms with Crippen LogP contribution in [-0.4, -0.2) is 19.0 Å². The number of halogens is 1. The van der Waals surface area contributed by atoms with Crippen LogP contribution in [0.15, 0.2) is 24.3 Å². The number of nitrogens with one attached hydrogen (secondary N) is 1. The summed E-state index contributed by atoms with van der Waals surface area (Å²) >= 11 is 0. The minimum atomic E-state index is -0.398. The quantitative estimate of drug-likeness (QED) is 0.779. The molecule has 0 bridgehead atoms. The number of hydrogen-bond acceptors (Lipinski definition) is 2. The number of carbonyl (C=O) groups excluding carboxylic acids is 1. The second-order valence-electron chi connectivity index (χ2n) is 3.23. The van der Waals surface area contributed by atoms with E-state index in [1.165, 1.54) is 12.1 Å². The zero-order valence-electron chi connectivity index (χ0n) is 8.66. The third-order valence-corrected chi connectivity index (χ3v) is 2.18. The van der Waals surface area contributed by atoms with Crippen LogP contribution in [-0.2, 0) is 4.79 Å². The van der Waals surface area contributed by atoms with Gasteiger partial charge in [-0.15, -0.1) is 0 Å². The number of amides is 1. The number of likely N-dealkylation sites (N-methyl/N-ethyl adjacent to an activating group) is 1. The lowest BCUT2D eigenvalue weighted by molar-refractivity contribution is -0.122. The predicted molar refractivity (Wildman–Crippen MR) is 56.9 cm³/mol. The normalized spacial score (nSPS) is 12.2. The van der Waals surface area contributed by atoms with Crippen molar-refractivity contribution in [1.29, 1.82) is 0 Å². The molecule has 4 heteroatoms. The Morgan fingerprint density at radius 3 is 2.53 bits per heavy atom. The van der Waals surface area contributed by atoms with Gasteiger partial charge in [-0.05, 0) is 24.6 Å². The highest BCUT2D eigenvalue weighted by Crippen LogP contribution is 2.15. The summed E-state index contributed by atoms with van der Waals surface area (Å²) < 4.78 is 12.7. The minimum Gasteiger partial charge on any atom is -0.356 e. The Bertz CT molecular complexity index is 324. The molecular formula is C11H15FN2O. The molecule has 3 N–H and O–H groups in total. The number of carbonyl (C=O) groups is 1. The highest BCUT2D eigenvalue weighted by atomic mass is 19.1. The highest BCUT2D eigenvalue weighted by Gasteiger charge is 2.17. The summed E-state index contributed by atoms with van der Waals surface area (Å²) in [7, 11) is 0. The van der Waals surface area contributed by atoms with Crippen LogP contribution in [0, 0.1) is 5.82 Å². The third-order valence-electron chi connectivity index (χ3n) is 2.18. The molecule has 0 aliphatic rings. The van der Waals surface area contributed by atoms with Crippen molar-refractivity contribution in [3.05, 3.63) is 35.6 Å². The van der Waals surface area contributed by atoms with E-state index in [0.717, 1.165) is 5.56 Å². The zero-order chi connectivity index (χ0) is 11.3. The van der Waals surface area contributed by atoms with E-state index >= 15 is 0 Å². The summed E-state index contributed by atoms with van der Waals surface area (Å²) in [5.74, 6) is -0.831. The van der Waals surface area contributed by atoms with Gasteiger partial charge in [-0.2, -0.15) is 0 Å². The lowest BCUT2D eigenvalue weighted by Crippen LogP contribution is -2.33. The molecule has 0 heterocycles. The standard InChI is InChI=1S/C11H15FN2O/c1-2-14-11(15)10(7-13)8-3-5-9(12)6-4-8/h3-6,10H,2,7,13H2,1H3,(H,14,15). The van der Waals surface area contributed by atoms with Gasteiger partial charge in [0.15, 0.2) is 0 Å². The van der Waals surface area contributed by atoms with Crippen LogP contribution in [0.5, 0.6) is 0 Å². The fourth-order valence-corrected chi connectivity index (χ4v) is 1.39. The summed E-state index contributed by atoms with van der Waals surface area (Å²) in [6, 6.07) is 5.83. The first-order valence-corrected chi connectivity index (χ1v) is 4.92. The molecule has 0 spiro atoms. The Hall–Kier alpha value is -1.42. The molecule has 15 heavy (non-hydrogen) atoms. The Balaban J connectivity index is 2.82. The van der Waals surface area contributed by atoms with Crippen LogP contribution in [0.25, 0.3) is 0 Å². The van der Waals surface area contributed by atoms with Crippen LogP contribution in [0.4, 0.5) is 4.39 Å². The molecular weight excluding hydrogens is 195 g/mol. The molecule has 0 aliphatic carbocycles. The van der Waals surface area contributed by atoms with Gasteiger partial charge in [-0.3, -0.25) is 4.79 Å². The van der Waals surface area contributed by atoms with Crippen molar-refractivity contribution in [1.82, 2.24) is 5.32 Å². The summed E-state index contributed by atoms with van der Waals surface area (Å²) in [5.41, 5.74) is 6.26. The van der Waals surface area contributed by atoms with Crippen molar-refractivity contribution >= 4 is 5.91 Å². The van der Waals surface area contributed by atoms with Gasteiger partial charge in [0, 0.05) is 13.1 Å². The average molecular weight is 210 g/mol. The summed E-state index contributed by atoms with van der Waals surface area (Å²) in [6.07, 6.45) is 0. The van der Waals surface area contributed by atoms with E-state index in [-0.39, 0.29) is 18.3 Å². The Morgan fingerprint density at radius 1 is 1.47 bits per heavy atom. The maximum Gasteiger partial charge on any atom is 0.228 e. The Kier molecular flexibility index (Phi) is 4.24. The molecule has 1 aromatic rings. The van der Waals surface area contributed by atoms with Crippen molar-refractivity contribution in [2.75, 3.05) is 13.1 Å². The molecule has 1 unspecified atom stereocenters. The SMILES string of the molecule is CCNC(=O)C(CN)c1ccc(F)cc1. The van der Waals surface area contributed by atoms with E-state index in [9.17, 15) is 9.18 Å². The Morgan fingerprint density at radius 2 is 2.07 bits per heavy atom. The van der Waals surface area contributed by atoms with Gasteiger partial charge in [0.25, 0.3) is 0 Å². The average Bonchev–Trinajstić information content (AvgIpc) is 2.22. The van der Waals surface area contributed by atoms with E-state index in [0.29, 0.717) is 6.54 Å². The number of benzene rings is 1. The van der Waals surface area contributed by atoms with Crippen molar-refractivity contribution in [3.63, 3.8) is 0 Å². The first-order valence-electron chi connectivity index (χ1n) is 4.92. The van der Waals surface area contributed by atoms with Crippen molar-refractivity contribution < 1.29 is 9.18 Å². The molecule has 1 aromatic carbocycles. The van der Waals surface area contributed by atoms with Crippen molar-refractivity contribution in [2.45, 2.75) is 12.8 Å². The first kappa shape index (κ1) is 11.7. The number of nitrogens with two attached hydrogens (primary N) is 1. The lowest BCUT2D eigenvalue weighted by Gasteiger charge is -2.14. The second-order valence-corrected chi connectivity index (χ2v) is 3.23. The number of hydrogen-bond donors (Lipinski definition) is 2. The zero-order valence-corrected chi connectivity index (χ0v) is 8.66. The van der Waals surface area contributed by atoms with Gasteiger partial charge in [0.2, 0.25) is 5.91 Å². The van der Waals surface area contributed by atoms with E-state index in [2.05, 4.69) is 5.32 Å². The fraction of sp³-hybridized carbons (Fsp3) is 0.364. The van der Waals surface area contributed by atoms with Gasteiger partial charge < -0.3 is 11.1 Å². The Labute approximate surface area is 88.5 Å². The smallest absolute Gasteiger partial charge is 0.228 e. The maximum absolute atomic E-state index is 12.7. The van der Waals surface area contributed by atoms with Gasteiger partial charge in [-0.1, -0.05) is 12.1 Å². The molecule has 1 atom stereocenters. The number of rotatable bonds is 4. The first-order chi connectivity index (χ1) is 7.19. The summed E-state index contributed by atoms with van der Waals surface area (Å²) in [5, 5.41) is 2.70. The van der Waals surface area contributed by atoms with Crippen LogP contribution >= 0.6 is 0 Å².